The van der Waals surface area contributed by atoms with E-state index in [1.165, 1.54) is 24.3 Å². The lowest BCUT2D eigenvalue weighted by Crippen LogP contribution is -2.13. The SMILES string of the molecule is CCCc1cc(C(=O)c2ccc(F)cc2)ccc1OCCCOc1ccc(NCC(=O)O)c(C=N)c1. The molecule has 0 bridgehead atoms. The first-order chi connectivity index (χ1) is 17.4. The molecule has 0 amide bonds. The summed E-state index contributed by atoms with van der Waals surface area (Å²) in [7, 11) is 0. The minimum absolute atomic E-state index is 0.166. The molecular weight excluding hydrogens is 463 g/mol. The molecule has 0 atom stereocenters. The smallest absolute Gasteiger partial charge is 0.322 e. The Morgan fingerprint density at radius 2 is 1.72 bits per heavy atom. The maximum atomic E-state index is 13.2. The number of ketones is 1. The largest absolute Gasteiger partial charge is 0.493 e. The van der Waals surface area contributed by atoms with Gasteiger partial charge in [-0.15, -0.1) is 0 Å². The molecule has 0 saturated carbocycles. The van der Waals surface area contributed by atoms with E-state index in [0.717, 1.165) is 24.6 Å². The maximum absolute atomic E-state index is 13.2. The number of carboxylic acids is 1. The Balaban J connectivity index is 1.55. The first-order valence-corrected chi connectivity index (χ1v) is 11.7. The van der Waals surface area contributed by atoms with E-state index in [1.807, 2.05) is 6.07 Å². The molecule has 3 rings (SSSR count). The summed E-state index contributed by atoms with van der Waals surface area (Å²) in [6.07, 6.45) is 3.39. The number of hydrogen-bond donors (Lipinski definition) is 3. The van der Waals surface area contributed by atoms with Crippen LogP contribution < -0.4 is 14.8 Å². The van der Waals surface area contributed by atoms with Crippen molar-refractivity contribution in [1.82, 2.24) is 0 Å². The Labute approximate surface area is 209 Å². The zero-order valence-electron chi connectivity index (χ0n) is 20.1. The number of carbonyl (C=O) groups is 2. The highest BCUT2D eigenvalue weighted by Crippen LogP contribution is 2.24. The number of anilines is 1. The van der Waals surface area contributed by atoms with Gasteiger partial charge in [0.15, 0.2) is 5.78 Å². The van der Waals surface area contributed by atoms with E-state index in [9.17, 15) is 14.0 Å². The van der Waals surface area contributed by atoms with Crippen molar-refractivity contribution in [2.75, 3.05) is 25.1 Å². The van der Waals surface area contributed by atoms with Gasteiger partial charge in [0.2, 0.25) is 0 Å². The molecule has 3 aromatic carbocycles. The summed E-state index contributed by atoms with van der Waals surface area (Å²) in [4.78, 5) is 23.5. The van der Waals surface area contributed by atoms with Gasteiger partial charge in [-0.1, -0.05) is 13.3 Å². The van der Waals surface area contributed by atoms with Crippen LogP contribution in [0, 0.1) is 11.2 Å². The number of hydrogen-bond acceptors (Lipinski definition) is 6. The molecular formula is C28H29FN2O5. The minimum Gasteiger partial charge on any atom is -0.493 e. The van der Waals surface area contributed by atoms with Gasteiger partial charge in [0.1, 0.15) is 23.9 Å². The molecule has 36 heavy (non-hydrogen) atoms. The van der Waals surface area contributed by atoms with E-state index < -0.39 is 5.97 Å². The van der Waals surface area contributed by atoms with E-state index in [-0.39, 0.29) is 18.1 Å². The highest BCUT2D eigenvalue weighted by Gasteiger charge is 2.13. The molecule has 0 radical (unpaired) electrons. The lowest BCUT2D eigenvalue weighted by atomic mass is 9.99. The van der Waals surface area contributed by atoms with Gasteiger partial charge in [0.25, 0.3) is 0 Å². The Kier molecular flexibility index (Phi) is 9.56. The standard InChI is InChI=1S/C28H29FN2O5/c1-2-4-20-15-21(28(34)19-5-8-23(29)9-6-19)7-12-26(20)36-14-3-13-35-24-10-11-25(22(16-24)17-30)31-18-27(32)33/h5-12,15-17,30-31H,2-4,13-14,18H2,1H3,(H,32,33). The number of rotatable bonds is 14. The number of aryl methyl sites for hydroxylation is 1. The van der Waals surface area contributed by atoms with Gasteiger partial charge in [0.05, 0.1) is 13.2 Å². The number of benzene rings is 3. The van der Waals surface area contributed by atoms with Gasteiger partial charge in [-0.25, -0.2) is 4.39 Å². The van der Waals surface area contributed by atoms with Crippen LogP contribution in [0.3, 0.4) is 0 Å². The second kappa shape index (κ2) is 13.0. The predicted molar refractivity (Wildman–Crippen MR) is 136 cm³/mol. The van der Waals surface area contributed by atoms with Crippen LogP contribution in [0.15, 0.2) is 60.7 Å². The molecule has 0 unspecified atom stereocenters. The lowest BCUT2D eigenvalue weighted by Gasteiger charge is -2.14. The van der Waals surface area contributed by atoms with E-state index in [2.05, 4.69) is 12.2 Å². The fraction of sp³-hybridized carbons (Fsp3) is 0.250. The topological polar surface area (TPSA) is 109 Å². The first-order valence-electron chi connectivity index (χ1n) is 11.7. The number of aliphatic carboxylic acids is 1. The summed E-state index contributed by atoms with van der Waals surface area (Å²) in [5, 5.41) is 19.1. The summed E-state index contributed by atoms with van der Waals surface area (Å²) in [6, 6.07) is 15.9. The van der Waals surface area contributed by atoms with Crippen LogP contribution in [0.25, 0.3) is 0 Å². The van der Waals surface area contributed by atoms with Gasteiger partial charge >= 0.3 is 5.97 Å². The number of nitrogens with one attached hydrogen (secondary N) is 2. The zero-order chi connectivity index (χ0) is 25.9. The van der Waals surface area contributed by atoms with Crippen molar-refractivity contribution >= 4 is 23.7 Å². The zero-order valence-corrected chi connectivity index (χ0v) is 20.1. The van der Waals surface area contributed by atoms with Gasteiger partial charge < -0.3 is 25.3 Å². The Morgan fingerprint density at radius 1 is 1.00 bits per heavy atom. The normalized spacial score (nSPS) is 10.5. The molecule has 0 aromatic heterocycles. The molecule has 0 aliphatic heterocycles. The third kappa shape index (κ3) is 7.40. The molecule has 0 aliphatic rings. The van der Waals surface area contributed by atoms with Crippen LogP contribution >= 0.6 is 0 Å². The molecule has 188 valence electrons. The Morgan fingerprint density at radius 3 is 2.42 bits per heavy atom. The summed E-state index contributed by atoms with van der Waals surface area (Å²) >= 11 is 0. The van der Waals surface area contributed by atoms with Gasteiger partial charge in [0, 0.05) is 35.0 Å². The van der Waals surface area contributed by atoms with E-state index in [1.54, 1.807) is 30.3 Å². The van der Waals surface area contributed by atoms with Crippen molar-refractivity contribution in [2.24, 2.45) is 0 Å². The van der Waals surface area contributed by atoms with Crippen LogP contribution in [-0.2, 0) is 11.2 Å². The van der Waals surface area contributed by atoms with E-state index in [0.29, 0.717) is 53.5 Å². The van der Waals surface area contributed by atoms with Crippen molar-refractivity contribution < 1.29 is 28.6 Å². The lowest BCUT2D eigenvalue weighted by molar-refractivity contribution is -0.134. The first kappa shape index (κ1) is 26.4. The second-order valence-electron chi connectivity index (χ2n) is 8.10. The average molecular weight is 493 g/mol. The Bertz CT molecular complexity index is 1210. The fourth-order valence-electron chi connectivity index (χ4n) is 3.61. The molecule has 7 nitrogen and oxygen atoms in total. The van der Waals surface area contributed by atoms with Gasteiger partial charge in [-0.3, -0.25) is 9.59 Å². The third-order valence-corrected chi connectivity index (χ3v) is 5.37. The summed E-state index contributed by atoms with van der Waals surface area (Å²) in [5.41, 5.74) is 2.98. The molecule has 0 heterocycles. The number of carbonyl (C=O) groups excluding carboxylic acids is 1. The van der Waals surface area contributed by atoms with Crippen LogP contribution in [0.5, 0.6) is 11.5 Å². The predicted octanol–water partition coefficient (Wildman–Crippen LogP) is 5.35. The number of halogens is 1. The van der Waals surface area contributed by atoms with E-state index >= 15 is 0 Å². The molecule has 8 heteroatoms. The van der Waals surface area contributed by atoms with Crippen molar-refractivity contribution in [1.29, 1.82) is 5.41 Å². The molecule has 0 fully saturated rings. The van der Waals surface area contributed by atoms with Crippen molar-refractivity contribution in [3.05, 3.63) is 88.7 Å². The number of carboxylic acid groups (broad SMARTS) is 1. The highest BCUT2D eigenvalue weighted by molar-refractivity contribution is 6.09. The van der Waals surface area contributed by atoms with Crippen molar-refractivity contribution in [3.63, 3.8) is 0 Å². The van der Waals surface area contributed by atoms with Crippen LogP contribution in [-0.4, -0.2) is 42.8 Å². The van der Waals surface area contributed by atoms with Crippen LogP contribution in [0.2, 0.25) is 0 Å². The molecule has 0 spiro atoms. The summed E-state index contributed by atoms with van der Waals surface area (Å²) in [6.45, 7) is 2.62. The summed E-state index contributed by atoms with van der Waals surface area (Å²) in [5.74, 6) is -0.244. The average Bonchev–Trinajstić information content (AvgIpc) is 2.88. The highest BCUT2D eigenvalue weighted by atomic mass is 19.1. The molecule has 0 aliphatic carbocycles. The molecule has 0 saturated heterocycles. The minimum atomic E-state index is -0.984. The van der Waals surface area contributed by atoms with Gasteiger partial charge in [-0.05, 0) is 72.6 Å². The van der Waals surface area contributed by atoms with Crippen molar-refractivity contribution in [2.45, 2.75) is 26.2 Å². The van der Waals surface area contributed by atoms with Crippen LogP contribution in [0.4, 0.5) is 10.1 Å². The fourth-order valence-corrected chi connectivity index (χ4v) is 3.61. The Hall–Kier alpha value is -4.20. The second-order valence-corrected chi connectivity index (χ2v) is 8.10. The van der Waals surface area contributed by atoms with Gasteiger partial charge in [-0.2, -0.15) is 0 Å². The van der Waals surface area contributed by atoms with Crippen LogP contribution in [0.1, 0.15) is 46.8 Å². The molecule has 3 N–H and O–H groups in total. The monoisotopic (exact) mass is 492 g/mol. The third-order valence-electron chi connectivity index (χ3n) is 5.37. The molecule has 3 aromatic rings. The summed E-state index contributed by atoms with van der Waals surface area (Å²) < 4.78 is 24.9. The maximum Gasteiger partial charge on any atom is 0.322 e. The van der Waals surface area contributed by atoms with Crippen molar-refractivity contribution in [3.8, 4) is 11.5 Å². The number of ether oxygens (including phenoxy) is 2. The van der Waals surface area contributed by atoms with E-state index in [4.69, 9.17) is 20.0 Å². The quantitative estimate of drug-likeness (QED) is 0.159.